The number of hydrogen-bond donors (Lipinski definition) is 1. The molecule has 2 rings (SSSR count). The summed E-state index contributed by atoms with van der Waals surface area (Å²) in [5.41, 5.74) is 6.23. The van der Waals surface area contributed by atoms with Gasteiger partial charge < -0.3 is 5.73 Å². The summed E-state index contributed by atoms with van der Waals surface area (Å²) in [5.74, 6) is -2.69. The maximum atomic E-state index is 13.6. The van der Waals surface area contributed by atoms with E-state index >= 15 is 0 Å². The van der Waals surface area contributed by atoms with Gasteiger partial charge in [0.2, 0.25) is 0 Å². The summed E-state index contributed by atoms with van der Waals surface area (Å²) in [4.78, 5) is 4.88. The molecule has 6 heteroatoms. The predicted octanol–water partition coefficient (Wildman–Crippen LogP) is 3.69. The maximum Gasteiger partial charge on any atom is 0.180 e. The third kappa shape index (κ3) is 3.07. The van der Waals surface area contributed by atoms with Gasteiger partial charge in [-0.1, -0.05) is 13.3 Å². The number of thiazole rings is 1. The molecule has 1 heterocycles. The Labute approximate surface area is 113 Å². The van der Waals surface area contributed by atoms with Crippen LogP contribution in [0.5, 0.6) is 0 Å². The van der Waals surface area contributed by atoms with E-state index < -0.39 is 17.5 Å². The monoisotopic (exact) mass is 286 g/mol. The van der Waals surface area contributed by atoms with Crippen LogP contribution in [0.1, 0.15) is 29.5 Å². The molecule has 0 amide bonds. The van der Waals surface area contributed by atoms with Crippen LogP contribution in [0.4, 0.5) is 18.3 Å². The molecule has 0 radical (unpaired) electrons. The fourth-order valence-electron chi connectivity index (χ4n) is 1.88. The number of hydrogen-bond acceptors (Lipinski definition) is 3. The van der Waals surface area contributed by atoms with Gasteiger partial charge in [0, 0.05) is 29.0 Å². The SMILES string of the molecule is CCCc1nc(N)sc1Cc1c(F)cc(F)cc1F. The second-order valence-electron chi connectivity index (χ2n) is 4.20. The van der Waals surface area contributed by atoms with Gasteiger partial charge in [0.25, 0.3) is 0 Å². The van der Waals surface area contributed by atoms with Crippen LogP contribution in [0, 0.1) is 17.5 Å². The number of halogens is 3. The normalized spacial score (nSPS) is 10.9. The predicted molar refractivity (Wildman–Crippen MR) is 69.6 cm³/mol. The van der Waals surface area contributed by atoms with E-state index in [9.17, 15) is 13.2 Å². The molecule has 0 aliphatic rings. The van der Waals surface area contributed by atoms with Gasteiger partial charge in [0.1, 0.15) is 17.5 Å². The molecule has 19 heavy (non-hydrogen) atoms. The zero-order chi connectivity index (χ0) is 14.0. The van der Waals surface area contributed by atoms with E-state index in [-0.39, 0.29) is 12.0 Å². The lowest BCUT2D eigenvalue weighted by Gasteiger charge is -2.05. The van der Waals surface area contributed by atoms with Crippen molar-refractivity contribution < 1.29 is 13.2 Å². The van der Waals surface area contributed by atoms with Gasteiger partial charge in [-0.15, -0.1) is 11.3 Å². The van der Waals surface area contributed by atoms with Crippen molar-refractivity contribution in [1.82, 2.24) is 4.98 Å². The maximum absolute atomic E-state index is 13.6. The number of nitrogen functional groups attached to an aromatic ring is 1. The van der Waals surface area contributed by atoms with Crippen LogP contribution in [0.2, 0.25) is 0 Å². The molecular weight excluding hydrogens is 273 g/mol. The fraction of sp³-hybridized carbons (Fsp3) is 0.308. The Hall–Kier alpha value is -1.56. The van der Waals surface area contributed by atoms with Crippen molar-refractivity contribution in [3.8, 4) is 0 Å². The van der Waals surface area contributed by atoms with Crippen LogP contribution >= 0.6 is 11.3 Å². The first-order valence-corrected chi connectivity index (χ1v) is 6.70. The van der Waals surface area contributed by atoms with Crippen molar-refractivity contribution in [2.24, 2.45) is 0 Å². The zero-order valence-electron chi connectivity index (χ0n) is 10.3. The minimum absolute atomic E-state index is 0.0438. The molecule has 0 aliphatic heterocycles. The molecule has 0 unspecified atom stereocenters. The van der Waals surface area contributed by atoms with Crippen LogP contribution < -0.4 is 5.73 Å². The molecule has 0 fully saturated rings. The van der Waals surface area contributed by atoms with E-state index in [2.05, 4.69) is 4.98 Å². The Balaban J connectivity index is 2.36. The van der Waals surface area contributed by atoms with E-state index in [1.807, 2.05) is 6.92 Å². The van der Waals surface area contributed by atoms with Gasteiger partial charge in [-0.3, -0.25) is 0 Å². The molecule has 0 bridgehead atoms. The lowest BCUT2D eigenvalue weighted by atomic mass is 10.1. The van der Waals surface area contributed by atoms with Crippen LogP contribution in [0.3, 0.4) is 0 Å². The highest BCUT2D eigenvalue weighted by atomic mass is 32.1. The Morgan fingerprint density at radius 2 is 1.84 bits per heavy atom. The lowest BCUT2D eigenvalue weighted by Crippen LogP contribution is -2.00. The molecule has 0 atom stereocenters. The molecule has 2 N–H and O–H groups in total. The van der Waals surface area contributed by atoms with E-state index in [0.717, 1.165) is 17.0 Å². The standard InChI is InChI=1S/C13H13F3N2S/c1-2-3-11-12(19-13(17)18-11)6-8-9(15)4-7(14)5-10(8)16/h4-5H,2-3,6H2,1H3,(H2,17,18). The molecule has 1 aromatic carbocycles. The number of aromatic nitrogens is 1. The smallest absolute Gasteiger partial charge is 0.180 e. The molecule has 0 saturated heterocycles. The van der Waals surface area contributed by atoms with Crippen molar-refractivity contribution in [3.63, 3.8) is 0 Å². The number of nitrogens with two attached hydrogens (primary N) is 1. The Kier molecular flexibility index (Phi) is 4.09. The largest absolute Gasteiger partial charge is 0.375 e. The number of nitrogens with zero attached hydrogens (tertiary/aromatic N) is 1. The van der Waals surface area contributed by atoms with Gasteiger partial charge >= 0.3 is 0 Å². The van der Waals surface area contributed by atoms with Crippen molar-refractivity contribution in [1.29, 1.82) is 0 Å². The highest BCUT2D eigenvalue weighted by Gasteiger charge is 2.16. The third-order valence-corrected chi connectivity index (χ3v) is 3.65. The van der Waals surface area contributed by atoms with Gasteiger partial charge in [-0.05, 0) is 6.42 Å². The van der Waals surface area contributed by atoms with Crippen molar-refractivity contribution in [2.75, 3.05) is 5.73 Å². The van der Waals surface area contributed by atoms with Crippen LogP contribution in [0.25, 0.3) is 0 Å². The van der Waals surface area contributed by atoms with Gasteiger partial charge in [-0.25, -0.2) is 18.2 Å². The summed E-state index contributed by atoms with van der Waals surface area (Å²) in [5, 5.41) is 0.376. The number of anilines is 1. The fourth-order valence-corrected chi connectivity index (χ4v) is 2.77. The van der Waals surface area contributed by atoms with Gasteiger partial charge in [0.15, 0.2) is 5.13 Å². The zero-order valence-corrected chi connectivity index (χ0v) is 11.2. The second-order valence-corrected chi connectivity index (χ2v) is 5.31. The first kappa shape index (κ1) is 13.9. The molecular formula is C13H13F3N2S. The highest BCUT2D eigenvalue weighted by molar-refractivity contribution is 7.15. The average molecular weight is 286 g/mol. The minimum atomic E-state index is -0.920. The van der Waals surface area contributed by atoms with Crippen LogP contribution in [-0.4, -0.2) is 4.98 Å². The molecule has 0 aliphatic carbocycles. The molecule has 102 valence electrons. The van der Waals surface area contributed by atoms with Crippen molar-refractivity contribution >= 4 is 16.5 Å². The first-order chi connectivity index (χ1) is 9.01. The Bertz CT molecular complexity index is 573. The minimum Gasteiger partial charge on any atom is -0.375 e. The quantitative estimate of drug-likeness (QED) is 0.931. The first-order valence-electron chi connectivity index (χ1n) is 5.88. The summed E-state index contributed by atoms with van der Waals surface area (Å²) in [6, 6.07) is 1.37. The van der Waals surface area contributed by atoms with E-state index in [1.54, 1.807) is 0 Å². The lowest BCUT2D eigenvalue weighted by molar-refractivity contribution is 0.528. The van der Waals surface area contributed by atoms with E-state index in [4.69, 9.17) is 5.73 Å². The van der Waals surface area contributed by atoms with Crippen LogP contribution in [0.15, 0.2) is 12.1 Å². The number of aryl methyl sites for hydroxylation is 1. The Morgan fingerprint density at radius 3 is 2.42 bits per heavy atom. The van der Waals surface area contributed by atoms with E-state index in [0.29, 0.717) is 23.7 Å². The summed E-state index contributed by atoms with van der Waals surface area (Å²) in [6.45, 7) is 1.98. The third-order valence-electron chi connectivity index (χ3n) is 2.72. The van der Waals surface area contributed by atoms with Crippen LogP contribution in [-0.2, 0) is 12.8 Å². The molecule has 1 aromatic heterocycles. The van der Waals surface area contributed by atoms with Gasteiger partial charge in [0.05, 0.1) is 5.69 Å². The summed E-state index contributed by atoms with van der Waals surface area (Å²) in [6.07, 6.45) is 1.61. The topological polar surface area (TPSA) is 38.9 Å². The molecule has 0 saturated carbocycles. The molecule has 2 aromatic rings. The second kappa shape index (κ2) is 5.61. The van der Waals surface area contributed by atoms with Crippen molar-refractivity contribution in [3.05, 3.63) is 45.7 Å². The molecule has 0 spiro atoms. The van der Waals surface area contributed by atoms with Gasteiger partial charge in [-0.2, -0.15) is 0 Å². The Morgan fingerprint density at radius 1 is 1.21 bits per heavy atom. The average Bonchev–Trinajstić information content (AvgIpc) is 2.64. The van der Waals surface area contributed by atoms with E-state index in [1.165, 1.54) is 11.3 Å². The molecule has 2 nitrogen and oxygen atoms in total. The van der Waals surface area contributed by atoms with Crippen molar-refractivity contribution in [2.45, 2.75) is 26.2 Å². The summed E-state index contributed by atoms with van der Waals surface area (Å²) in [7, 11) is 0. The highest BCUT2D eigenvalue weighted by Crippen LogP contribution is 2.27. The summed E-state index contributed by atoms with van der Waals surface area (Å²) >= 11 is 1.21. The number of rotatable bonds is 4. The number of benzene rings is 1. The summed E-state index contributed by atoms with van der Waals surface area (Å²) < 4.78 is 40.0.